The van der Waals surface area contributed by atoms with Crippen LogP contribution in [0.4, 0.5) is 18.9 Å². The third-order valence-electron chi connectivity index (χ3n) is 2.29. The second-order valence-corrected chi connectivity index (χ2v) is 6.45. The van der Waals surface area contributed by atoms with E-state index < -0.39 is 5.51 Å². The van der Waals surface area contributed by atoms with Gasteiger partial charge in [0.25, 0.3) is 0 Å². The topological polar surface area (TPSA) is 12.0 Å². The minimum absolute atomic E-state index is 0.0902. The molecular weight excluding hydrogens is 259 g/mol. The summed E-state index contributed by atoms with van der Waals surface area (Å²) in [6.07, 6.45) is 1.01. The molecule has 18 heavy (non-hydrogen) atoms. The first-order valence-electron chi connectivity index (χ1n) is 5.75. The van der Waals surface area contributed by atoms with E-state index in [1.54, 1.807) is 12.1 Å². The van der Waals surface area contributed by atoms with Crippen molar-refractivity contribution in [1.82, 2.24) is 0 Å². The third kappa shape index (κ3) is 6.79. The Morgan fingerprint density at radius 2 is 1.61 bits per heavy atom. The number of rotatable bonds is 4. The highest BCUT2D eigenvalue weighted by Crippen LogP contribution is 2.37. The van der Waals surface area contributed by atoms with E-state index in [-0.39, 0.29) is 22.1 Å². The molecule has 0 aliphatic carbocycles. The summed E-state index contributed by atoms with van der Waals surface area (Å²) in [6.45, 7) is 7.27. The Kier molecular flexibility index (Phi) is 4.96. The lowest BCUT2D eigenvalue weighted by molar-refractivity contribution is -0.0328. The Morgan fingerprint density at radius 3 is 2.06 bits per heavy atom. The molecule has 0 bridgehead atoms. The molecular formula is C13H18F3NS. The number of thioether (sulfide) groups is 1. The molecule has 0 saturated heterocycles. The predicted molar refractivity (Wildman–Crippen MR) is 70.9 cm³/mol. The highest BCUT2D eigenvalue weighted by Gasteiger charge is 2.28. The first-order valence-corrected chi connectivity index (χ1v) is 6.57. The summed E-state index contributed by atoms with van der Waals surface area (Å²) in [7, 11) is 0. The van der Waals surface area contributed by atoms with Crippen LogP contribution in [-0.2, 0) is 0 Å². The Labute approximate surface area is 110 Å². The van der Waals surface area contributed by atoms with E-state index >= 15 is 0 Å². The van der Waals surface area contributed by atoms with Gasteiger partial charge in [-0.05, 0) is 47.9 Å². The molecule has 1 N–H and O–H groups in total. The standard InChI is InChI=1S/C13H18F3NS/c1-12(2,3)8-9-17-10-4-6-11(7-5-10)18-13(14,15)16/h4-7,17H,8-9H2,1-3H3. The minimum atomic E-state index is -4.22. The van der Waals surface area contributed by atoms with Crippen molar-refractivity contribution < 1.29 is 13.2 Å². The van der Waals surface area contributed by atoms with Gasteiger partial charge in [0.1, 0.15) is 0 Å². The van der Waals surface area contributed by atoms with E-state index in [4.69, 9.17) is 0 Å². The molecule has 0 atom stereocenters. The van der Waals surface area contributed by atoms with Crippen molar-refractivity contribution in [3.63, 3.8) is 0 Å². The van der Waals surface area contributed by atoms with Crippen LogP contribution in [0.5, 0.6) is 0 Å². The molecule has 0 amide bonds. The van der Waals surface area contributed by atoms with Gasteiger partial charge in [-0.1, -0.05) is 20.8 Å². The van der Waals surface area contributed by atoms with Crippen LogP contribution in [0.1, 0.15) is 27.2 Å². The average molecular weight is 277 g/mol. The third-order valence-corrected chi connectivity index (χ3v) is 3.03. The van der Waals surface area contributed by atoms with Gasteiger partial charge < -0.3 is 5.32 Å². The van der Waals surface area contributed by atoms with Gasteiger partial charge in [-0.2, -0.15) is 13.2 Å². The molecule has 0 aliphatic rings. The van der Waals surface area contributed by atoms with Crippen molar-refractivity contribution >= 4 is 17.4 Å². The second-order valence-electron chi connectivity index (χ2n) is 5.31. The van der Waals surface area contributed by atoms with Crippen LogP contribution in [0.2, 0.25) is 0 Å². The fraction of sp³-hybridized carbons (Fsp3) is 0.538. The zero-order chi connectivity index (χ0) is 13.8. The van der Waals surface area contributed by atoms with Crippen LogP contribution in [-0.4, -0.2) is 12.1 Å². The Bertz CT molecular complexity index is 365. The minimum Gasteiger partial charge on any atom is -0.385 e. The number of hydrogen-bond donors (Lipinski definition) is 1. The molecule has 0 spiro atoms. The summed E-state index contributed by atoms with van der Waals surface area (Å²) in [5, 5.41) is 3.20. The molecule has 0 saturated carbocycles. The lowest BCUT2D eigenvalue weighted by Crippen LogP contribution is -2.12. The molecule has 0 aromatic heterocycles. The summed E-state index contributed by atoms with van der Waals surface area (Å²) in [5.41, 5.74) is -3.12. The van der Waals surface area contributed by atoms with Gasteiger partial charge in [-0.15, -0.1) is 0 Å². The maximum absolute atomic E-state index is 12.1. The lowest BCUT2D eigenvalue weighted by atomic mass is 9.92. The van der Waals surface area contributed by atoms with E-state index in [0.717, 1.165) is 18.7 Å². The monoisotopic (exact) mass is 277 g/mol. The first kappa shape index (κ1) is 15.2. The summed E-state index contributed by atoms with van der Waals surface area (Å²) in [4.78, 5) is 0.212. The maximum atomic E-state index is 12.1. The zero-order valence-corrected chi connectivity index (χ0v) is 11.6. The number of alkyl halides is 3. The molecule has 0 fully saturated rings. The molecule has 5 heteroatoms. The van der Waals surface area contributed by atoms with E-state index in [2.05, 4.69) is 26.1 Å². The van der Waals surface area contributed by atoms with Crippen molar-refractivity contribution in [2.45, 2.75) is 37.6 Å². The summed E-state index contributed by atoms with van der Waals surface area (Å²) >= 11 is -0.0902. The van der Waals surface area contributed by atoms with Crippen LogP contribution in [0, 0.1) is 5.41 Å². The Morgan fingerprint density at radius 1 is 1.06 bits per heavy atom. The number of benzene rings is 1. The van der Waals surface area contributed by atoms with Crippen molar-refractivity contribution in [2.75, 3.05) is 11.9 Å². The molecule has 1 rings (SSSR count). The molecule has 1 aromatic carbocycles. The molecule has 1 aromatic rings. The molecule has 0 aliphatic heterocycles. The number of anilines is 1. The van der Waals surface area contributed by atoms with Gasteiger partial charge in [0.15, 0.2) is 0 Å². The van der Waals surface area contributed by atoms with E-state index in [1.807, 2.05) is 0 Å². The highest BCUT2D eigenvalue weighted by molar-refractivity contribution is 8.00. The summed E-state index contributed by atoms with van der Waals surface area (Å²) < 4.78 is 36.4. The fourth-order valence-corrected chi connectivity index (χ4v) is 1.90. The smallest absolute Gasteiger partial charge is 0.385 e. The second kappa shape index (κ2) is 5.87. The van der Waals surface area contributed by atoms with E-state index in [0.29, 0.717) is 0 Å². The maximum Gasteiger partial charge on any atom is 0.446 e. The van der Waals surface area contributed by atoms with Gasteiger partial charge in [0.2, 0.25) is 0 Å². The largest absolute Gasteiger partial charge is 0.446 e. The van der Waals surface area contributed by atoms with Crippen molar-refractivity contribution in [2.24, 2.45) is 5.41 Å². The van der Waals surface area contributed by atoms with E-state index in [9.17, 15) is 13.2 Å². The fourth-order valence-electron chi connectivity index (χ4n) is 1.36. The molecule has 1 nitrogen and oxygen atoms in total. The van der Waals surface area contributed by atoms with Crippen LogP contribution in [0.25, 0.3) is 0 Å². The normalized spacial score (nSPS) is 12.6. The van der Waals surface area contributed by atoms with Crippen molar-refractivity contribution in [3.8, 4) is 0 Å². The van der Waals surface area contributed by atoms with Gasteiger partial charge in [0.05, 0.1) is 0 Å². The Balaban J connectivity index is 2.46. The molecule has 0 unspecified atom stereocenters. The van der Waals surface area contributed by atoms with Gasteiger partial charge >= 0.3 is 5.51 Å². The quantitative estimate of drug-likeness (QED) is 0.764. The number of nitrogens with one attached hydrogen (secondary N) is 1. The average Bonchev–Trinajstić information content (AvgIpc) is 2.16. The molecule has 0 heterocycles. The van der Waals surface area contributed by atoms with Crippen molar-refractivity contribution in [1.29, 1.82) is 0 Å². The van der Waals surface area contributed by atoms with E-state index in [1.165, 1.54) is 12.1 Å². The van der Waals surface area contributed by atoms with Crippen LogP contribution in [0.15, 0.2) is 29.2 Å². The number of halogens is 3. The van der Waals surface area contributed by atoms with Crippen LogP contribution in [0.3, 0.4) is 0 Å². The van der Waals surface area contributed by atoms with Gasteiger partial charge in [0, 0.05) is 17.1 Å². The Hall–Kier alpha value is -0.840. The van der Waals surface area contributed by atoms with Crippen molar-refractivity contribution in [3.05, 3.63) is 24.3 Å². The van der Waals surface area contributed by atoms with Crippen LogP contribution >= 0.6 is 11.8 Å². The summed E-state index contributed by atoms with van der Waals surface area (Å²) in [6, 6.07) is 6.32. The zero-order valence-electron chi connectivity index (χ0n) is 10.8. The summed E-state index contributed by atoms with van der Waals surface area (Å²) in [5.74, 6) is 0. The predicted octanol–water partition coefficient (Wildman–Crippen LogP) is 5.15. The lowest BCUT2D eigenvalue weighted by Gasteiger charge is -2.18. The molecule has 102 valence electrons. The number of hydrogen-bond acceptors (Lipinski definition) is 2. The molecule has 0 radical (unpaired) electrons. The van der Waals surface area contributed by atoms with Gasteiger partial charge in [-0.25, -0.2) is 0 Å². The first-order chi connectivity index (χ1) is 8.16. The highest BCUT2D eigenvalue weighted by atomic mass is 32.2. The SMILES string of the molecule is CC(C)(C)CCNc1ccc(SC(F)(F)F)cc1. The van der Waals surface area contributed by atoms with Crippen LogP contribution < -0.4 is 5.32 Å². The van der Waals surface area contributed by atoms with Gasteiger partial charge in [-0.3, -0.25) is 0 Å².